The number of allylic oxidation sites excluding steroid dienone is 2. The molecule has 1 atom stereocenters. The number of nitrogens with zero attached hydrogens (tertiary/aromatic N) is 1. The lowest BCUT2D eigenvalue weighted by molar-refractivity contribution is -0.119. The number of para-hydroxylation sites is 1. The number of methoxy groups -OCH3 is 2. The predicted molar refractivity (Wildman–Crippen MR) is 116 cm³/mol. The van der Waals surface area contributed by atoms with Gasteiger partial charge < -0.3 is 9.47 Å². The van der Waals surface area contributed by atoms with Gasteiger partial charge in [-0.25, -0.2) is 0 Å². The number of Topliss-reactive ketones (excluding diaryl/α,β-unsaturated/α-hetero) is 1. The van der Waals surface area contributed by atoms with Gasteiger partial charge in [0.2, 0.25) is 5.91 Å². The molecule has 0 bridgehead atoms. The number of anilines is 1. The molecule has 1 aliphatic heterocycles. The molecule has 0 N–H and O–H groups in total. The molecule has 30 heavy (non-hydrogen) atoms. The van der Waals surface area contributed by atoms with E-state index in [-0.39, 0.29) is 24.0 Å². The molecule has 4 rings (SSSR count). The van der Waals surface area contributed by atoms with Gasteiger partial charge in [0.15, 0.2) is 17.3 Å². The maximum atomic E-state index is 13.4. The lowest BCUT2D eigenvalue weighted by Gasteiger charge is -2.39. The number of halogens is 1. The third kappa shape index (κ3) is 3.37. The summed E-state index contributed by atoms with van der Waals surface area (Å²) in [5, 5.41) is 0.560. The molecule has 2 aromatic carbocycles. The molecule has 1 heterocycles. The molecule has 0 saturated heterocycles. The predicted octanol–water partition coefficient (Wildman–Crippen LogP) is 5.19. The van der Waals surface area contributed by atoms with Gasteiger partial charge in [-0.3, -0.25) is 14.5 Å². The van der Waals surface area contributed by atoms with E-state index in [1.54, 1.807) is 31.3 Å². The number of aryl methyl sites for hydroxylation is 1. The Kier molecular flexibility index (Phi) is 5.56. The van der Waals surface area contributed by atoms with Crippen LogP contribution in [0.5, 0.6) is 11.5 Å². The molecule has 2 aromatic rings. The number of carbonyl (C=O) groups excluding carboxylic acids is 2. The number of rotatable bonds is 4. The van der Waals surface area contributed by atoms with Crippen molar-refractivity contribution in [3.63, 3.8) is 0 Å². The van der Waals surface area contributed by atoms with Crippen molar-refractivity contribution in [2.45, 2.75) is 38.5 Å². The fraction of sp³-hybridized carbons (Fsp3) is 0.333. The van der Waals surface area contributed by atoms with Crippen LogP contribution < -0.4 is 14.4 Å². The van der Waals surface area contributed by atoms with Gasteiger partial charge in [0.25, 0.3) is 0 Å². The van der Waals surface area contributed by atoms with E-state index < -0.39 is 0 Å². The third-order valence-electron chi connectivity index (χ3n) is 5.90. The third-order valence-corrected chi connectivity index (χ3v) is 6.13. The quantitative estimate of drug-likeness (QED) is 0.676. The maximum absolute atomic E-state index is 13.4. The number of benzene rings is 2. The van der Waals surface area contributed by atoms with Crippen molar-refractivity contribution in [1.82, 2.24) is 0 Å². The average molecular weight is 426 g/mol. The van der Waals surface area contributed by atoms with Crippen LogP contribution in [0.25, 0.3) is 0 Å². The molecule has 0 aromatic heterocycles. The molecule has 0 unspecified atom stereocenters. The van der Waals surface area contributed by atoms with E-state index >= 15 is 0 Å². The van der Waals surface area contributed by atoms with Crippen LogP contribution in [0.15, 0.2) is 47.7 Å². The number of hydrogen-bond donors (Lipinski definition) is 0. The SMILES string of the molecule is COc1cccc([C@H]2CC(=O)N(c3cc(Cl)ccc3C)C3=C2C(=O)CCC3)c1OC. The lowest BCUT2D eigenvalue weighted by Crippen LogP contribution is -2.41. The zero-order chi connectivity index (χ0) is 21.4. The molecule has 0 saturated carbocycles. The van der Waals surface area contributed by atoms with Crippen LogP contribution in [-0.4, -0.2) is 25.9 Å². The van der Waals surface area contributed by atoms with Gasteiger partial charge in [-0.1, -0.05) is 29.8 Å². The van der Waals surface area contributed by atoms with E-state index in [1.165, 1.54) is 0 Å². The minimum Gasteiger partial charge on any atom is -0.493 e. The molecule has 1 amide bonds. The van der Waals surface area contributed by atoms with Crippen molar-refractivity contribution < 1.29 is 19.1 Å². The summed E-state index contributed by atoms with van der Waals surface area (Å²) in [6.07, 6.45) is 2.06. The fourth-order valence-electron chi connectivity index (χ4n) is 4.55. The summed E-state index contributed by atoms with van der Waals surface area (Å²) >= 11 is 6.23. The summed E-state index contributed by atoms with van der Waals surface area (Å²) in [5.74, 6) is 0.824. The van der Waals surface area contributed by atoms with E-state index in [1.807, 2.05) is 31.2 Å². The molecule has 0 fully saturated rings. The van der Waals surface area contributed by atoms with Gasteiger partial charge in [0.05, 0.1) is 19.9 Å². The molecular weight excluding hydrogens is 402 g/mol. The van der Waals surface area contributed by atoms with E-state index in [0.29, 0.717) is 34.9 Å². The highest BCUT2D eigenvalue weighted by atomic mass is 35.5. The number of hydrogen-bond acceptors (Lipinski definition) is 4. The van der Waals surface area contributed by atoms with Crippen molar-refractivity contribution in [2.75, 3.05) is 19.1 Å². The summed E-state index contributed by atoms with van der Waals surface area (Å²) in [6.45, 7) is 1.95. The summed E-state index contributed by atoms with van der Waals surface area (Å²) in [6, 6.07) is 11.1. The molecule has 5 nitrogen and oxygen atoms in total. The molecule has 6 heteroatoms. The van der Waals surface area contributed by atoms with Crippen molar-refractivity contribution >= 4 is 29.0 Å². The maximum Gasteiger partial charge on any atom is 0.232 e. The van der Waals surface area contributed by atoms with E-state index in [0.717, 1.165) is 28.9 Å². The Labute approximate surface area is 181 Å². The first-order valence-corrected chi connectivity index (χ1v) is 10.4. The minimum absolute atomic E-state index is 0.0521. The van der Waals surface area contributed by atoms with Crippen molar-refractivity contribution in [3.8, 4) is 11.5 Å². The molecular formula is C24H24ClNO4. The highest BCUT2D eigenvalue weighted by Crippen LogP contribution is 2.47. The first-order valence-electron chi connectivity index (χ1n) is 10.0. The normalized spacial score (nSPS) is 19.1. The Balaban J connectivity index is 1.92. The Bertz CT molecular complexity index is 1060. The van der Waals surface area contributed by atoms with Crippen LogP contribution in [-0.2, 0) is 9.59 Å². The second kappa shape index (κ2) is 8.15. The lowest BCUT2D eigenvalue weighted by atomic mass is 9.76. The summed E-state index contributed by atoms with van der Waals surface area (Å²) in [4.78, 5) is 28.2. The van der Waals surface area contributed by atoms with Crippen LogP contribution in [0.4, 0.5) is 5.69 Å². The van der Waals surface area contributed by atoms with Gasteiger partial charge >= 0.3 is 0 Å². The minimum atomic E-state index is -0.360. The van der Waals surface area contributed by atoms with Crippen LogP contribution >= 0.6 is 11.6 Å². The van der Waals surface area contributed by atoms with Crippen LogP contribution in [0, 0.1) is 6.92 Å². The van der Waals surface area contributed by atoms with E-state index in [4.69, 9.17) is 21.1 Å². The zero-order valence-electron chi connectivity index (χ0n) is 17.3. The van der Waals surface area contributed by atoms with Crippen LogP contribution in [0.1, 0.15) is 42.7 Å². The first kappa shape index (κ1) is 20.5. The Morgan fingerprint density at radius 2 is 1.87 bits per heavy atom. The fourth-order valence-corrected chi connectivity index (χ4v) is 4.71. The molecule has 2 aliphatic rings. The number of amides is 1. The largest absolute Gasteiger partial charge is 0.493 e. The highest BCUT2D eigenvalue weighted by Gasteiger charge is 2.41. The Morgan fingerprint density at radius 3 is 2.60 bits per heavy atom. The van der Waals surface area contributed by atoms with Crippen LogP contribution in [0.3, 0.4) is 0 Å². The monoisotopic (exact) mass is 425 g/mol. The number of ketones is 1. The van der Waals surface area contributed by atoms with E-state index in [2.05, 4.69) is 0 Å². The van der Waals surface area contributed by atoms with Gasteiger partial charge in [0.1, 0.15) is 0 Å². The Hall–Kier alpha value is -2.79. The van der Waals surface area contributed by atoms with Crippen molar-refractivity contribution in [3.05, 3.63) is 63.8 Å². The van der Waals surface area contributed by atoms with Gasteiger partial charge in [-0.2, -0.15) is 0 Å². The average Bonchev–Trinajstić information content (AvgIpc) is 2.74. The molecule has 156 valence electrons. The smallest absolute Gasteiger partial charge is 0.232 e. The molecule has 1 aliphatic carbocycles. The standard InChI is InChI=1S/C24H24ClNO4/c1-14-10-11-15(25)12-19(14)26-18-7-5-8-20(27)23(18)17(13-22(26)28)16-6-4-9-21(29-2)24(16)30-3/h4,6,9-12,17H,5,7-8,13H2,1-3H3/t17-/m1/s1. The van der Waals surface area contributed by atoms with Gasteiger partial charge in [-0.15, -0.1) is 0 Å². The number of ether oxygens (including phenoxy) is 2. The van der Waals surface area contributed by atoms with Gasteiger partial charge in [-0.05, 0) is 43.5 Å². The summed E-state index contributed by atoms with van der Waals surface area (Å²) in [7, 11) is 3.15. The summed E-state index contributed by atoms with van der Waals surface area (Å²) in [5.41, 5.74) is 3.96. The van der Waals surface area contributed by atoms with Crippen molar-refractivity contribution in [1.29, 1.82) is 0 Å². The van der Waals surface area contributed by atoms with Crippen LogP contribution in [0.2, 0.25) is 5.02 Å². The second-order valence-corrected chi connectivity index (χ2v) is 8.07. The van der Waals surface area contributed by atoms with E-state index in [9.17, 15) is 9.59 Å². The zero-order valence-corrected chi connectivity index (χ0v) is 18.1. The van der Waals surface area contributed by atoms with Crippen molar-refractivity contribution in [2.24, 2.45) is 0 Å². The second-order valence-electron chi connectivity index (χ2n) is 7.64. The summed E-state index contributed by atoms with van der Waals surface area (Å²) < 4.78 is 11.1. The first-order chi connectivity index (χ1) is 14.5. The topological polar surface area (TPSA) is 55.8 Å². The highest BCUT2D eigenvalue weighted by molar-refractivity contribution is 6.31. The molecule has 0 spiro atoms. The molecule has 0 radical (unpaired) electrons. The van der Waals surface area contributed by atoms with Gasteiger partial charge in [0, 0.05) is 40.6 Å². The number of carbonyl (C=O) groups is 2. The Morgan fingerprint density at radius 1 is 1.07 bits per heavy atom.